The van der Waals surface area contributed by atoms with Crippen LogP contribution in [0.2, 0.25) is 5.02 Å². The van der Waals surface area contributed by atoms with E-state index in [1.807, 2.05) is 0 Å². The highest BCUT2D eigenvalue weighted by atomic mass is 35.5. The summed E-state index contributed by atoms with van der Waals surface area (Å²) in [5.41, 5.74) is -0.0738. The van der Waals surface area contributed by atoms with E-state index in [2.05, 4.69) is 10.1 Å². The lowest BCUT2D eigenvalue weighted by Gasteiger charge is -2.30. The fourth-order valence-corrected chi connectivity index (χ4v) is 5.51. The SMILES string of the molecule is O=C1N(CCc2noc(C3CCCCC3)n2)C[C@H](C2C=C(C(F)(F)F)C=CC2)N1c1ccc(Cl)cc1. The van der Waals surface area contributed by atoms with Crippen LogP contribution in [0.15, 0.2) is 52.6 Å². The Morgan fingerprint density at radius 1 is 1.11 bits per heavy atom. The average Bonchev–Trinajstić information content (AvgIpc) is 3.48. The van der Waals surface area contributed by atoms with Gasteiger partial charge in [0.2, 0.25) is 5.89 Å². The van der Waals surface area contributed by atoms with Crippen LogP contribution in [0, 0.1) is 5.92 Å². The molecule has 1 aromatic carbocycles. The number of carbonyl (C=O) groups is 1. The highest BCUT2D eigenvalue weighted by Crippen LogP contribution is 2.37. The summed E-state index contributed by atoms with van der Waals surface area (Å²) < 4.78 is 45.7. The van der Waals surface area contributed by atoms with Crippen molar-refractivity contribution in [3.63, 3.8) is 0 Å². The summed E-state index contributed by atoms with van der Waals surface area (Å²) in [6.45, 7) is 0.649. The highest BCUT2D eigenvalue weighted by Gasteiger charge is 2.43. The maximum Gasteiger partial charge on any atom is 0.416 e. The van der Waals surface area contributed by atoms with Crippen LogP contribution in [0.4, 0.5) is 23.7 Å². The molecule has 6 nitrogen and oxygen atoms in total. The molecule has 0 N–H and O–H groups in total. The number of hydrogen-bond acceptors (Lipinski definition) is 4. The topological polar surface area (TPSA) is 62.5 Å². The van der Waals surface area contributed by atoms with E-state index in [4.69, 9.17) is 16.1 Å². The van der Waals surface area contributed by atoms with Crippen molar-refractivity contribution in [2.45, 2.75) is 63.1 Å². The normalized spacial score (nSPS) is 23.4. The minimum atomic E-state index is -4.43. The number of anilines is 1. The fraction of sp³-hybridized carbons (Fsp3) is 0.500. The largest absolute Gasteiger partial charge is 0.416 e. The molecule has 1 saturated heterocycles. The van der Waals surface area contributed by atoms with Gasteiger partial charge >= 0.3 is 12.2 Å². The van der Waals surface area contributed by atoms with Crippen LogP contribution < -0.4 is 4.90 Å². The van der Waals surface area contributed by atoms with Crippen LogP contribution in [0.1, 0.15) is 56.2 Å². The molecule has 0 radical (unpaired) electrons. The molecule has 36 heavy (non-hydrogen) atoms. The number of halogens is 4. The molecule has 1 aliphatic heterocycles. The lowest BCUT2D eigenvalue weighted by Crippen LogP contribution is -2.39. The van der Waals surface area contributed by atoms with Gasteiger partial charge in [-0.25, -0.2) is 4.79 Å². The van der Waals surface area contributed by atoms with Crippen LogP contribution in [-0.2, 0) is 6.42 Å². The van der Waals surface area contributed by atoms with Crippen LogP contribution >= 0.6 is 11.6 Å². The minimum absolute atomic E-state index is 0.255. The maximum absolute atomic E-state index is 13.5. The number of amides is 2. The molecule has 2 heterocycles. The van der Waals surface area contributed by atoms with Gasteiger partial charge in [-0.2, -0.15) is 18.2 Å². The Labute approximate surface area is 212 Å². The van der Waals surface area contributed by atoms with Gasteiger partial charge in [-0.15, -0.1) is 0 Å². The van der Waals surface area contributed by atoms with Gasteiger partial charge in [0.25, 0.3) is 0 Å². The quantitative estimate of drug-likeness (QED) is 0.426. The Balaban J connectivity index is 1.34. The van der Waals surface area contributed by atoms with Gasteiger partial charge < -0.3 is 9.42 Å². The third-order valence-corrected chi connectivity index (χ3v) is 7.54. The van der Waals surface area contributed by atoms with E-state index in [-0.39, 0.29) is 6.03 Å². The summed E-state index contributed by atoms with van der Waals surface area (Å²) in [5.74, 6) is 1.04. The molecule has 2 atom stereocenters. The van der Waals surface area contributed by atoms with Gasteiger partial charge in [0.1, 0.15) is 0 Å². The molecule has 3 aliphatic rings. The summed E-state index contributed by atoms with van der Waals surface area (Å²) >= 11 is 6.03. The summed E-state index contributed by atoms with van der Waals surface area (Å²) in [4.78, 5) is 21.3. The zero-order chi connectivity index (χ0) is 25.3. The average molecular weight is 521 g/mol. The molecule has 0 bridgehead atoms. The number of nitrogens with zero attached hydrogens (tertiary/aromatic N) is 4. The van der Waals surface area contributed by atoms with Gasteiger partial charge in [0.05, 0.1) is 11.6 Å². The first-order valence-electron chi connectivity index (χ1n) is 12.4. The predicted molar refractivity (Wildman–Crippen MR) is 130 cm³/mol. The van der Waals surface area contributed by atoms with Crippen molar-refractivity contribution >= 4 is 23.3 Å². The molecular weight excluding hydrogens is 493 g/mol. The number of rotatable bonds is 6. The summed E-state index contributed by atoms with van der Waals surface area (Å²) in [6.07, 6.45) is 5.95. The Kier molecular flexibility index (Phi) is 7.10. The van der Waals surface area contributed by atoms with Crippen molar-refractivity contribution in [3.05, 3.63) is 64.8 Å². The molecule has 10 heteroatoms. The monoisotopic (exact) mass is 520 g/mol. The van der Waals surface area contributed by atoms with E-state index in [9.17, 15) is 18.0 Å². The van der Waals surface area contributed by atoms with Crippen LogP contribution in [0.3, 0.4) is 0 Å². The van der Waals surface area contributed by atoms with E-state index in [0.29, 0.717) is 54.3 Å². The Bertz CT molecular complexity index is 1140. The lowest BCUT2D eigenvalue weighted by molar-refractivity contribution is -0.0889. The molecular formula is C26H28ClF3N4O2. The van der Waals surface area contributed by atoms with Crippen molar-refractivity contribution in [1.82, 2.24) is 15.0 Å². The van der Waals surface area contributed by atoms with E-state index in [1.165, 1.54) is 18.6 Å². The number of aromatic nitrogens is 2. The first-order valence-corrected chi connectivity index (χ1v) is 12.8. The second kappa shape index (κ2) is 10.3. The van der Waals surface area contributed by atoms with E-state index < -0.39 is 23.7 Å². The van der Waals surface area contributed by atoms with Crippen LogP contribution in [-0.4, -0.2) is 46.4 Å². The lowest BCUT2D eigenvalue weighted by atomic mass is 9.88. The smallest absolute Gasteiger partial charge is 0.339 e. The van der Waals surface area contributed by atoms with Crippen LogP contribution in [0.25, 0.3) is 0 Å². The molecule has 1 aromatic heterocycles. The highest BCUT2D eigenvalue weighted by molar-refractivity contribution is 6.30. The molecule has 1 saturated carbocycles. The molecule has 5 rings (SSSR count). The second-order valence-corrected chi connectivity index (χ2v) is 10.1. The molecule has 2 amide bonds. The van der Waals surface area contributed by atoms with Crippen molar-refractivity contribution in [1.29, 1.82) is 0 Å². The third-order valence-electron chi connectivity index (χ3n) is 7.28. The van der Waals surface area contributed by atoms with E-state index in [1.54, 1.807) is 34.1 Å². The van der Waals surface area contributed by atoms with Crippen molar-refractivity contribution in [2.75, 3.05) is 18.0 Å². The predicted octanol–water partition coefficient (Wildman–Crippen LogP) is 6.69. The van der Waals surface area contributed by atoms with Gasteiger partial charge in [-0.3, -0.25) is 4.90 Å². The van der Waals surface area contributed by atoms with Crippen molar-refractivity contribution in [2.24, 2.45) is 5.92 Å². The van der Waals surface area contributed by atoms with E-state index in [0.717, 1.165) is 31.8 Å². The number of alkyl halides is 3. The molecule has 2 aromatic rings. The summed E-state index contributed by atoms with van der Waals surface area (Å²) in [7, 11) is 0. The summed E-state index contributed by atoms with van der Waals surface area (Å²) in [5, 5.41) is 4.63. The van der Waals surface area contributed by atoms with Crippen molar-refractivity contribution < 1.29 is 22.5 Å². The Hall–Kier alpha value is -2.81. The van der Waals surface area contributed by atoms with E-state index >= 15 is 0 Å². The first kappa shape index (κ1) is 24.9. The number of carbonyl (C=O) groups excluding carboxylic acids is 1. The molecule has 1 unspecified atom stereocenters. The third kappa shape index (κ3) is 5.31. The zero-order valence-corrected chi connectivity index (χ0v) is 20.5. The molecule has 2 fully saturated rings. The second-order valence-electron chi connectivity index (χ2n) is 9.70. The first-order chi connectivity index (χ1) is 17.3. The van der Waals surface area contributed by atoms with Crippen LogP contribution in [0.5, 0.6) is 0 Å². The number of urea groups is 1. The Morgan fingerprint density at radius 3 is 2.58 bits per heavy atom. The number of allylic oxidation sites excluding steroid dienone is 3. The number of benzene rings is 1. The maximum atomic E-state index is 13.5. The fourth-order valence-electron chi connectivity index (χ4n) is 5.38. The van der Waals surface area contributed by atoms with Gasteiger partial charge in [0, 0.05) is 42.1 Å². The zero-order valence-electron chi connectivity index (χ0n) is 19.8. The summed E-state index contributed by atoms with van der Waals surface area (Å²) in [6, 6.07) is 6.08. The van der Waals surface area contributed by atoms with Crippen molar-refractivity contribution in [3.8, 4) is 0 Å². The van der Waals surface area contributed by atoms with Gasteiger partial charge in [-0.05, 0) is 43.5 Å². The standard InChI is InChI=1S/C26H28ClF3N4O2/c27-20-9-11-21(12-10-20)34-22(18-7-4-8-19(15-18)26(28,29)30)16-33(25(34)35)14-13-23-31-24(36-32-23)17-5-2-1-3-6-17/h4,8-12,15,17-18,22H,1-3,5-7,13-14,16H2/t18?,22-/m1/s1. The Morgan fingerprint density at radius 2 is 1.86 bits per heavy atom. The molecule has 2 aliphatic carbocycles. The van der Waals surface area contributed by atoms with Gasteiger partial charge in [0.15, 0.2) is 5.82 Å². The van der Waals surface area contributed by atoms with Gasteiger partial charge in [-0.1, -0.05) is 54.2 Å². The molecule has 0 spiro atoms. The number of hydrogen-bond donors (Lipinski definition) is 0. The minimum Gasteiger partial charge on any atom is -0.339 e. The molecule has 192 valence electrons.